The maximum absolute atomic E-state index is 14.3. The number of ether oxygens (including phenoxy) is 1. The van der Waals surface area contributed by atoms with E-state index in [0.29, 0.717) is 10.8 Å². The van der Waals surface area contributed by atoms with E-state index in [9.17, 15) is 8.60 Å². The lowest BCUT2D eigenvalue weighted by Crippen LogP contribution is -1.98. The van der Waals surface area contributed by atoms with Gasteiger partial charge in [-0.15, -0.1) is 0 Å². The van der Waals surface area contributed by atoms with Gasteiger partial charge in [-0.1, -0.05) is 29.8 Å². The number of hydrogen-bond donors (Lipinski definition) is 1. The zero-order valence-electron chi connectivity index (χ0n) is 13.7. The number of benzene rings is 2. The average Bonchev–Trinajstić information content (AvgIpc) is 3.06. The van der Waals surface area contributed by atoms with Crippen molar-refractivity contribution in [3.63, 3.8) is 0 Å². The Kier molecular flexibility index (Phi) is 5.57. The van der Waals surface area contributed by atoms with Gasteiger partial charge in [0.2, 0.25) is 0 Å². The minimum atomic E-state index is -2.06. The summed E-state index contributed by atoms with van der Waals surface area (Å²) in [5.41, 5.74) is 4.32. The van der Waals surface area contributed by atoms with Gasteiger partial charge < -0.3 is 9.29 Å². The molecular weight excluding hydrogens is 363 g/mol. The SMILES string of the molecule is COc1ccc(C2=C(c3ccc(CS(=O)O)c(F)c3)CCC2)cc1Cl. The van der Waals surface area contributed by atoms with E-state index in [1.54, 1.807) is 13.2 Å². The van der Waals surface area contributed by atoms with Gasteiger partial charge in [0.15, 0.2) is 11.1 Å². The molecule has 0 bridgehead atoms. The van der Waals surface area contributed by atoms with Gasteiger partial charge in [0.25, 0.3) is 0 Å². The Morgan fingerprint density at radius 2 is 1.80 bits per heavy atom. The minimum Gasteiger partial charge on any atom is -0.495 e. The Hall–Kier alpha value is -1.69. The van der Waals surface area contributed by atoms with Gasteiger partial charge in [-0.05, 0) is 59.7 Å². The molecule has 3 rings (SSSR count). The summed E-state index contributed by atoms with van der Waals surface area (Å²) in [5.74, 6) is -0.0316. The second kappa shape index (κ2) is 7.68. The molecule has 0 heterocycles. The fourth-order valence-electron chi connectivity index (χ4n) is 3.22. The highest BCUT2D eigenvalue weighted by molar-refractivity contribution is 7.78. The normalized spacial score (nSPS) is 15.5. The molecule has 0 amide bonds. The van der Waals surface area contributed by atoms with Crippen molar-refractivity contribution < 1.29 is 17.9 Å². The third kappa shape index (κ3) is 3.94. The topological polar surface area (TPSA) is 46.5 Å². The monoisotopic (exact) mass is 380 g/mol. The smallest absolute Gasteiger partial charge is 0.157 e. The van der Waals surface area contributed by atoms with Crippen LogP contribution in [0.4, 0.5) is 4.39 Å². The lowest BCUT2D eigenvalue weighted by molar-refractivity contribution is 0.415. The van der Waals surface area contributed by atoms with E-state index in [1.807, 2.05) is 24.3 Å². The van der Waals surface area contributed by atoms with E-state index in [2.05, 4.69) is 0 Å². The van der Waals surface area contributed by atoms with Crippen molar-refractivity contribution in [1.82, 2.24) is 0 Å². The standard InChI is InChI=1S/C19H18ClFO3S/c1-24-19-8-7-12(9-17(19)20)15-3-2-4-16(15)13-5-6-14(11-25(22)23)18(21)10-13/h5-10H,2-4,11H2,1H3,(H,22,23). The van der Waals surface area contributed by atoms with Crippen LogP contribution in [0, 0.1) is 5.82 Å². The Morgan fingerprint density at radius 3 is 2.36 bits per heavy atom. The molecule has 0 fully saturated rings. The molecular formula is C19H18ClFO3S. The van der Waals surface area contributed by atoms with Crippen molar-refractivity contribution >= 4 is 33.8 Å². The molecule has 1 N–H and O–H groups in total. The number of methoxy groups -OCH3 is 1. The summed E-state index contributed by atoms with van der Waals surface area (Å²) in [6, 6.07) is 10.5. The zero-order valence-corrected chi connectivity index (χ0v) is 15.3. The molecule has 132 valence electrons. The number of hydrogen-bond acceptors (Lipinski definition) is 2. The summed E-state index contributed by atoms with van der Waals surface area (Å²) in [6.45, 7) is 0. The largest absolute Gasteiger partial charge is 0.495 e. The molecule has 6 heteroatoms. The third-order valence-corrected chi connectivity index (χ3v) is 5.25. The van der Waals surface area contributed by atoms with Crippen LogP contribution in [0.3, 0.4) is 0 Å². The molecule has 0 radical (unpaired) electrons. The van der Waals surface area contributed by atoms with Crippen molar-refractivity contribution in [2.45, 2.75) is 25.0 Å². The number of halogens is 2. The van der Waals surface area contributed by atoms with Crippen LogP contribution >= 0.6 is 11.6 Å². The molecule has 0 saturated carbocycles. The maximum atomic E-state index is 14.3. The summed E-state index contributed by atoms with van der Waals surface area (Å²) < 4.78 is 39.3. The molecule has 0 saturated heterocycles. The molecule has 0 spiro atoms. The van der Waals surface area contributed by atoms with Crippen LogP contribution < -0.4 is 4.74 Å². The molecule has 2 aromatic rings. The molecule has 0 aliphatic heterocycles. The molecule has 3 nitrogen and oxygen atoms in total. The highest BCUT2D eigenvalue weighted by Gasteiger charge is 2.19. The van der Waals surface area contributed by atoms with Crippen LogP contribution in [0.15, 0.2) is 36.4 Å². The summed E-state index contributed by atoms with van der Waals surface area (Å²) in [6.07, 6.45) is 2.77. The van der Waals surface area contributed by atoms with E-state index in [4.69, 9.17) is 20.9 Å². The lowest BCUT2D eigenvalue weighted by atomic mass is 9.96. The van der Waals surface area contributed by atoms with E-state index in [1.165, 1.54) is 6.07 Å². The fourth-order valence-corrected chi connectivity index (χ4v) is 3.98. The molecule has 1 unspecified atom stereocenters. The van der Waals surface area contributed by atoms with Gasteiger partial charge in [-0.25, -0.2) is 8.60 Å². The lowest BCUT2D eigenvalue weighted by Gasteiger charge is -2.11. The van der Waals surface area contributed by atoms with Gasteiger partial charge in [0.05, 0.1) is 17.9 Å². The van der Waals surface area contributed by atoms with Gasteiger partial charge >= 0.3 is 0 Å². The Morgan fingerprint density at radius 1 is 1.16 bits per heavy atom. The van der Waals surface area contributed by atoms with Crippen LogP contribution in [0.5, 0.6) is 5.75 Å². The first-order valence-corrected chi connectivity index (χ1v) is 9.57. The molecule has 1 aliphatic rings. The predicted octanol–water partition coefficient (Wildman–Crippen LogP) is 5.30. The number of allylic oxidation sites excluding steroid dienone is 2. The van der Waals surface area contributed by atoms with E-state index < -0.39 is 16.9 Å². The molecule has 1 aliphatic carbocycles. The molecule has 25 heavy (non-hydrogen) atoms. The molecule has 0 aromatic heterocycles. The van der Waals surface area contributed by atoms with Crippen LogP contribution in [0.2, 0.25) is 5.02 Å². The Labute approximate surface area is 153 Å². The highest BCUT2D eigenvalue weighted by Crippen LogP contribution is 2.41. The third-order valence-electron chi connectivity index (χ3n) is 4.40. The maximum Gasteiger partial charge on any atom is 0.157 e. The van der Waals surface area contributed by atoms with Crippen molar-refractivity contribution in [3.05, 3.63) is 63.9 Å². The zero-order chi connectivity index (χ0) is 18.0. The van der Waals surface area contributed by atoms with E-state index >= 15 is 0 Å². The van der Waals surface area contributed by atoms with Crippen LogP contribution in [0.25, 0.3) is 11.1 Å². The summed E-state index contributed by atoms with van der Waals surface area (Å²) in [4.78, 5) is 0. The summed E-state index contributed by atoms with van der Waals surface area (Å²) in [5, 5.41) is 0.547. The number of rotatable bonds is 5. The fraction of sp³-hybridized carbons (Fsp3) is 0.263. The first kappa shape index (κ1) is 18.1. The molecule has 1 atom stereocenters. The van der Waals surface area contributed by atoms with Crippen molar-refractivity contribution in [2.75, 3.05) is 7.11 Å². The van der Waals surface area contributed by atoms with Gasteiger partial charge in [-0.2, -0.15) is 0 Å². The molecule has 2 aromatic carbocycles. The van der Waals surface area contributed by atoms with Crippen molar-refractivity contribution in [1.29, 1.82) is 0 Å². The second-order valence-corrected chi connectivity index (χ2v) is 7.27. The Balaban J connectivity index is 2.00. The highest BCUT2D eigenvalue weighted by atomic mass is 35.5. The van der Waals surface area contributed by atoms with Crippen LogP contribution in [-0.4, -0.2) is 15.9 Å². The van der Waals surface area contributed by atoms with E-state index in [-0.39, 0.29) is 11.3 Å². The van der Waals surface area contributed by atoms with E-state index in [0.717, 1.165) is 41.5 Å². The van der Waals surface area contributed by atoms with Crippen molar-refractivity contribution in [3.8, 4) is 5.75 Å². The second-order valence-electron chi connectivity index (χ2n) is 5.93. The Bertz CT molecular complexity index is 864. The minimum absolute atomic E-state index is 0.202. The van der Waals surface area contributed by atoms with Gasteiger partial charge in [-0.3, -0.25) is 0 Å². The van der Waals surface area contributed by atoms with Crippen molar-refractivity contribution in [2.24, 2.45) is 0 Å². The first-order chi connectivity index (χ1) is 12.0. The first-order valence-electron chi connectivity index (χ1n) is 7.91. The summed E-state index contributed by atoms with van der Waals surface area (Å²) in [7, 11) is 1.57. The van der Waals surface area contributed by atoms with Crippen LogP contribution in [0.1, 0.15) is 36.0 Å². The average molecular weight is 381 g/mol. The quantitative estimate of drug-likeness (QED) is 0.715. The van der Waals surface area contributed by atoms with Gasteiger partial charge in [0, 0.05) is 5.56 Å². The predicted molar refractivity (Wildman–Crippen MR) is 99.5 cm³/mol. The van der Waals surface area contributed by atoms with Gasteiger partial charge in [0.1, 0.15) is 11.6 Å². The summed E-state index contributed by atoms with van der Waals surface area (Å²) >= 11 is 4.18. The van der Waals surface area contributed by atoms with Crippen LogP contribution in [-0.2, 0) is 16.8 Å².